The Labute approximate surface area is 156 Å². The predicted molar refractivity (Wildman–Crippen MR) is 108 cm³/mol. The molecule has 0 saturated heterocycles. The molecule has 0 saturated carbocycles. The van der Waals surface area contributed by atoms with Crippen LogP contribution in [-0.2, 0) is 6.61 Å². The summed E-state index contributed by atoms with van der Waals surface area (Å²) in [6.07, 6.45) is 0. The first-order chi connectivity index (χ1) is 12.3. The van der Waals surface area contributed by atoms with E-state index in [1.807, 2.05) is 30.3 Å². The fourth-order valence-corrected chi connectivity index (χ4v) is 3.49. The van der Waals surface area contributed by atoms with Gasteiger partial charge in [0.2, 0.25) is 0 Å². The standard InChI is InChI=1S/C23H17BrO/c24-23-11-5-9-21-20(8-4-10-22(21)23)18-12-14-19(15-13-18)25-16-17-6-2-1-3-7-17/h1-15H,16H2. The minimum Gasteiger partial charge on any atom is -0.489 e. The maximum Gasteiger partial charge on any atom is 0.119 e. The summed E-state index contributed by atoms with van der Waals surface area (Å²) in [5, 5.41) is 2.47. The van der Waals surface area contributed by atoms with Crippen LogP contribution in [0.25, 0.3) is 21.9 Å². The molecule has 0 radical (unpaired) electrons. The van der Waals surface area contributed by atoms with Gasteiger partial charge in [-0.2, -0.15) is 0 Å². The molecule has 0 aliphatic heterocycles. The van der Waals surface area contributed by atoms with Crippen LogP contribution in [0.5, 0.6) is 5.75 Å². The molecule has 25 heavy (non-hydrogen) atoms. The Kier molecular flexibility index (Phi) is 4.53. The van der Waals surface area contributed by atoms with Crippen molar-refractivity contribution in [3.8, 4) is 16.9 Å². The third-order valence-corrected chi connectivity index (χ3v) is 4.97. The van der Waals surface area contributed by atoms with E-state index in [2.05, 4.69) is 76.6 Å². The molecule has 0 heterocycles. The SMILES string of the molecule is Brc1cccc2c(-c3ccc(OCc4ccccc4)cc3)cccc12. The normalized spacial score (nSPS) is 10.8. The molecule has 0 amide bonds. The van der Waals surface area contributed by atoms with Crippen molar-refractivity contribution < 1.29 is 4.74 Å². The van der Waals surface area contributed by atoms with Gasteiger partial charge >= 0.3 is 0 Å². The quantitative estimate of drug-likeness (QED) is 0.371. The van der Waals surface area contributed by atoms with Gasteiger partial charge in [-0.25, -0.2) is 0 Å². The Morgan fingerprint density at radius 3 is 2.16 bits per heavy atom. The van der Waals surface area contributed by atoms with Gasteiger partial charge in [-0.1, -0.05) is 88.7 Å². The first kappa shape index (κ1) is 15.9. The molecule has 0 N–H and O–H groups in total. The Morgan fingerprint density at radius 2 is 1.36 bits per heavy atom. The molecule has 0 unspecified atom stereocenters. The second-order valence-corrected chi connectivity index (χ2v) is 6.79. The van der Waals surface area contributed by atoms with Gasteiger partial charge in [0, 0.05) is 4.47 Å². The van der Waals surface area contributed by atoms with Gasteiger partial charge in [0.15, 0.2) is 0 Å². The first-order valence-electron chi connectivity index (χ1n) is 8.26. The summed E-state index contributed by atoms with van der Waals surface area (Å²) >= 11 is 3.64. The second-order valence-electron chi connectivity index (χ2n) is 5.94. The number of ether oxygens (including phenoxy) is 1. The van der Waals surface area contributed by atoms with Crippen molar-refractivity contribution in [2.24, 2.45) is 0 Å². The summed E-state index contributed by atoms with van der Waals surface area (Å²) in [7, 11) is 0. The Morgan fingerprint density at radius 1 is 0.640 bits per heavy atom. The topological polar surface area (TPSA) is 9.23 Å². The van der Waals surface area contributed by atoms with Crippen molar-refractivity contribution in [3.63, 3.8) is 0 Å². The first-order valence-corrected chi connectivity index (χ1v) is 9.05. The smallest absolute Gasteiger partial charge is 0.119 e. The molecule has 0 atom stereocenters. The lowest BCUT2D eigenvalue weighted by Crippen LogP contribution is -1.94. The number of halogens is 1. The van der Waals surface area contributed by atoms with Crippen LogP contribution in [-0.4, -0.2) is 0 Å². The van der Waals surface area contributed by atoms with E-state index < -0.39 is 0 Å². The van der Waals surface area contributed by atoms with E-state index >= 15 is 0 Å². The van der Waals surface area contributed by atoms with Crippen molar-refractivity contribution in [3.05, 3.63) is 101 Å². The molecule has 4 aromatic carbocycles. The molecule has 4 rings (SSSR count). The van der Waals surface area contributed by atoms with Crippen LogP contribution in [0, 0.1) is 0 Å². The van der Waals surface area contributed by atoms with Crippen LogP contribution in [0.2, 0.25) is 0 Å². The molecule has 0 bridgehead atoms. The molecular weight excluding hydrogens is 372 g/mol. The minimum absolute atomic E-state index is 0.585. The Hall–Kier alpha value is -2.58. The molecule has 4 aromatic rings. The minimum atomic E-state index is 0.585. The van der Waals surface area contributed by atoms with Crippen molar-refractivity contribution in [1.29, 1.82) is 0 Å². The average Bonchev–Trinajstić information content (AvgIpc) is 2.68. The van der Waals surface area contributed by atoms with Crippen LogP contribution in [0.3, 0.4) is 0 Å². The maximum atomic E-state index is 5.88. The number of benzene rings is 4. The van der Waals surface area contributed by atoms with E-state index in [1.54, 1.807) is 0 Å². The highest BCUT2D eigenvalue weighted by Gasteiger charge is 2.06. The molecule has 1 nitrogen and oxygen atoms in total. The van der Waals surface area contributed by atoms with Gasteiger partial charge in [0.05, 0.1) is 0 Å². The molecule has 0 spiro atoms. The number of rotatable bonds is 4. The van der Waals surface area contributed by atoms with E-state index in [0.29, 0.717) is 6.61 Å². The van der Waals surface area contributed by atoms with Gasteiger partial charge in [0.25, 0.3) is 0 Å². The summed E-state index contributed by atoms with van der Waals surface area (Å²) in [6, 6.07) is 31.2. The lowest BCUT2D eigenvalue weighted by atomic mass is 9.98. The van der Waals surface area contributed by atoms with Crippen LogP contribution >= 0.6 is 15.9 Å². The van der Waals surface area contributed by atoms with Gasteiger partial charge < -0.3 is 4.74 Å². The van der Waals surface area contributed by atoms with E-state index in [9.17, 15) is 0 Å². The van der Waals surface area contributed by atoms with E-state index in [0.717, 1.165) is 10.2 Å². The van der Waals surface area contributed by atoms with Crippen LogP contribution in [0.4, 0.5) is 0 Å². The summed E-state index contributed by atoms with van der Waals surface area (Å²) < 4.78 is 7.00. The summed E-state index contributed by atoms with van der Waals surface area (Å²) in [5.41, 5.74) is 3.59. The van der Waals surface area contributed by atoms with E-state index in [-0.39, 0.29) is 0 Å². The highest BCUT2D eigenvalue weighted by atomic mass is 79.9. The Balaban J connectivity index is 1.59. The summed E-state index contributed by atoms with van der Waals surface area (Å²) in [6.45, 7) is 0.585. The molecule has 0 aliphatic carbocycles. The fraction of sp³-hybridized carbons (Fsp3) is 0.0435. The number of fused-ring (bicyclic) bond motifs is 1. The molecule has 122 valence electrons. The molecule has 0 fully saturated rings. The van der Waals surface area contributed by atoms with Gasteiger partial charge in [-0.3, -0.25) is 0 Å². The predicted octanol–water partition coefficient (Wildman–Crippen LogP) is 6.85. The number of hydrogen-bond donors (Lipinski definition) is 0. The second kappa shape index (κ2) is 7.12. The summed E-state index contributed by atoms with van der Waals surface area (Å²) in [4.78, 5) is 0. The highest BCUT2D eigenvalue weighted by molar-refractivity contribution is 9.10. The monoisotopic (exact) mass is 388 g/mol. The van der Waals surface area contributed by atoms with Gasteiger partial charge in [-0.05, 0) is 45.7 Å². The lowest BCUT2D eigenvalue weighted by molar-refractivity contribution is 0.306. The molecule has 0 aromatic heterocycles. The zero-order valence-corrected chi connectivity index (χ0v) is 15.2. The lowest BCUT2D eigenvalue weighted by Gasteiger charge is -2.10. The van der Waals surface area contributed by atoms with E-state index in [1.165, 1.54) is 27.5 Å². The van der Waals surface area contributed by atoms with Gasteiger partial charge in [0.1, 0.15) is 12.4 Å². The van der Waals surface area contributed by atoms with Crippen molar-refractivity contribution in [2.75, 3.05) is 0 Å². The third kappa shape index (κ3) is 3.45. The summed E-state index contributed by atoms with van der Waals surface area (Å²) in [5.74, 6) is 0.883. The Bertz CT molecular complexity index is 991. The van der Waals surface area contributed by atoms with Crippen LogP contribution in [0.15, 0.2) is 95.5 Å². The largest absolute Gasteiger partial charge is 0.489 e. The zero-order chi connectivity index (χ0) is 17.1. The van der Waals surface area contributed by atoms with Crippen molar-refractivity contribution >= 4 is 26.7 Å². The number of hydrogen-bond acceptors (Lipinski definition) is 1. The molecule has 0 aliphatic rings. The highest BCUT2D eigenvalue weighted by Crippen LogP contribution is 2.33. The fourth-order valence-electron chi connectivity index (χ4n) is 2.99. The zero-order valence-electron chi connectivity index (χ0n) is 13.7. The molecular formula is C23H17BrO. The molecule has 2 heteroatoms. The van der Waals surface area contributed by atoms with Crippen LogP contribution < -0.4 is 4.74 Å². The van der Waals surface area contributed by atoms with Crippen LogP contribution in [0.1, 0.15) is 5.56 Å². The van der Waals surface area contributed by atoms with Gasteiger partial charge in [-0.15, -0.1) is 0 Å². The maximum absolute atomic E-state index is 5.88. The van der Waals surface area contributed by atoms with Crippen molar-refractivity contribution in [2.45, 2.75) is 6.61 Å². The average molecular weight is 389 g/mol. The van der Waals surface area contributed by atoms with Crippen molar-refractivity contribution in [1.82, 2.24) is 0 Å². The third-order valence-electron chi connectivity index (χ3n) is 4.28. The van der Waals surface area contributed by atoms with E-state index in [4.69, 9.17) is 4.74 Å².